The highest BCUT2D eigenvalue weighted by Crippen LogP contribution is 2.30. The molecule has 1 aromatic heterocycles. The van der Waals surface area contributed by atoms with Crippen LogP contribution in [0.5, 0.6) is 5.75 Å². The first-order valence-corrected chi connectivity index (χ1v) is 7.74. The third-order valence-corrected chi connectivity index (χ3v) is 4.12. The maximum absolute atomic E-state index is 13.7. The van der Waals surface area contributed by atoms with E-state index in [0.717, 1.165) is 12.1 Å². The molecule has 0 aliphatic rings. The molecule has 1 heterocycles. The molecule has 0 fully saturated rings. The fraction of sp³-hybridized carbons (Fsp3) is 0.182. The molecule has 0 saturated carbocycles. The second-order valence-electron chi connectivity index (χ2n) is 4.00. The average Bonchev–Trinajstić information content (AvgIpc) is 2.74. The SMILES string of the molecule is Cn1ccnc1COc1cc(F)c(S(N)(=O)=O)cc1Br. The molecule has 0 aliphatic carbocycles. The second-order valence-corrected chi connectivity index (χ2v) is 6.39. The van der Waals surface area contributed by atoms with Crippen molar-refractivity contribution in [3.63, 3.8) is 0 Å². The standard InChI is InChI=1S/C11H11BrFN3O3S/c1-16-3-2-15-11(16)6-19-9-5-8(13)10(4-7(9)12)20(14,17)18/h2-5H,6H2,1H3,(H2,14,17,18). The van der Waals surface area contributed by atoms with Crippen molar-refractivity contribution in [3.05, 3.63) is 40.6 Å². The van der Waals surface area contributed by atoms with E-state index >= 15 is 0 Å². The third-order valence-electron chi connectivity index (χ3n) is 2.57. The summed E-state index contributed by atoms with van der Waals surface area (Å²) in [6.07, 6.45) is 3.36. The van der Waals surface area contributed by atoms with Gasteiger partial charge in [-0.25, -0.2) is 22.9 Å². The molecule has 0 radical (unpaired) electrons. The lowest BCUT2D eigenvalue weighted by Crippen LogP contribution is -2.14. The van der Waals surface area contributed by atoms with Crippen LogP contribution in [-0.2, 0) is 23.7 Å². The number of hydrogen-bond acceptors (Lipinski definition) is 4. The van der Waals surface area contributed by atoms with E-state index in [2.05, 4.69) is 20.9 Å². The van der Waals surface area contributed by atoms with E-state index in [4.69, 9.17) is 9.88 Å². The molecule has 108 valence electrons. The minimum atomic E-state index is -4.11. The van der Waals surface area contributed by atoms with Crippen LogP contribution in [0.25, 0.3) is 0 Å². The molecule has 0 unspecified atom stereocenters. The number of hydrogen-bond donors (Lipinski definition) is 1. The maximum Gasteiger partial charge on any atom is 0.241 e. The Bertz CT molecular complexity index is 745. The van der Waals surface area contributed by atoms with Crippen molar-refractivity contribution < 1.29 is 17.5 Å². The summed E-state index contributed by atoms with van der Waals surface area (Å²) in [5.41, 5.74) is 0. The highest BCUT2D eigenvalue weighted by Gasteiger charge is 2.18. The Morgan fingerprint density at radius 3 is 2.75 bits per heavy atom. The van der Waals surface area contributed by atoms with Crippen LogP contribution in [0.1, 0.15) is 5.82 Å². The van der Waals surface area contributed by atoms with Crippen molar-refractivity contribution in [2.45, 2.75) is 11.5 Å². The molecule has 0 aliphatic heterocycles. The highest BCUT2D eigenvalue weighted by molar-refractivity contribution is 9.10. The molecule has 0 spiro atoms. The summed E-state index contributed by atoms with van der Waals surface area (Å²) >= 11 is 3.12. The molecule has 0 saturated heterocycles. The van der Waals surface area contributed by atoms with Gasteiger partial charge in [0.1, 0.15) is 28.9 Å². The molecule has 0 bridgehead atoms. The van der Waals surface area contributed by atoms with Gasteiger partial charge in [0.2, 0.25) is 10.0 Å². The fourth-order valence-corrected chi connectivity index (χ4v) is 2.74. The molecule has 6 nitrogen and oxygen atoms in total. The fourth-order valence-electron chi connectivity index (χ4n) is 1.52. The molecule has 1 aromatic carbocycles. The van der Waals surface area contributed by atoms with Crippen LogP contribution >= 0.6 is 15.9 Å². The summed E-state index contributed by atoms with van der Waals surface area (Å²) in [7, 11) is -2.32. The molecule has 20 heavy (non-hydrogen) atoms. The maximum atomic E-state index is 13.7. The van der Waals surface area contributed by atoms with Crippen molar-refractivity contribution in [3.8, 4) is 5.75 Å². The smallest absolute Gasteiger partial charge is 0.241 e. The molecule has 2 aromatic rings. The van der Waals surface area contributed by atoms with Crippen LogP contribution < -0.4 is 9.88 Å². The van der Waals surface area contributed by atoms with E-state index in [1.165, 1.54) is 0 Å². The summed E-state index contributed by atoms with van der Waals surface area (Å²) < 4.78 is 43.5. The first-order chi connectivity index (χ1) is 9.29. The van der Waals surface area contributed by atoms with Gasteiger partial charge in [0, 0.05) is 25.5 Å². The van der Waals surface area contributed by atoms with E-state index in [1.807, 2.05) is 0 Å². The Morgan fingerprint density at radius 2 is 2.20 bits per heavy atom. The zero-order valence-corrected chi connectivity index (χ0v) is 12.8. The van der Waals surface area contributed by atoms with E-state index in [0.29, 0.717) is 5.82 Å². The van der Waals surface area contributed by atoms with Crippen LogP contribution in [0.4, 0.5) is 4.39 Å². The number of rotatable bonds is 4. The van der Waals surface area contributed by atoms with Gasteiger partial charge >= 0.3 is 0 Å². The van der Waals surface area contributed by atoms with Gasteiger partial charge in [0.25, 0.3) is 0 Å². The number of nitrogens with two attached hydrogens (primary N) is 1. The predicted octanol–water partition coefficient (Wildman–Crippen LogP) is 1.55. The van der Waals surface area contributed by atoms with Gasteiger partial charge in [-0.1, -0.05) is 0 Å². The Kier molecular flexibility index (Phi) is 4.11. The van der Waals surface area contributed by atoms with Crippen molar-refractivity contribution >= 4 is 26.0 Å². The molecular weight excluding hydrogens is 353 g/mol. The van der Waals surface area contributed by atoms with Crippen molar-refractivity contribution in [1.82, 2.24) is 9.55 Å². The van der Waals surface area contributed by atoms with Crippen LogP contribution in [0.15, 0.2) is 33.9 Å². The Morgan fingerprint density at radius 1 is 1.50 bits per heavy atom. The van der Waals surface area contributed by atoms with E-state index in [9.17, 15) is 12.8 Å². The van der Waals surface area contributed by atoms with Crippen LogP contribution in [0.3, 0.4) is 0 Å². The average molecular weight is 364 g/mol. The van der Waals surface area contributed by atoms with Gasteiger partial charge in [0.15, 0.2) is 0 Å². The van der Waals surface area contributed by atoms with Crippen LogP contribution in [0, 0.1) is 5.82 Å². The zero-order chi connectivity index (χ0) is 14.9. The number of ether oxygens (including phenoxy) is 1. The Hall–Kier alpha value is -1.45. The van der Waals surface area contributed by atoms with Gasteiger partial charge in [-0.05, 0) is 22.0 Å². The number of primary sulfonamides is 1. The largest absolute Gasteiger partial charge is 0.484 e. The third kappa shape index (κ3) is 3.17. The molecule has 9 heteroatoms. The van der Waals surface area contributed by atoms with Crippen molar-refractivity contribution in [2.24, 2.45) is 12.2 Å². The Balaban J connectivity index is 2.26. The molecule has 0 atom stereocenters. The van der Waals surface area contributed by atoms with E-state index in [-0.39, 0.29) is 16.8 Å². The molecule has 0 amide bonds. The molecule has 2 N–H and O–H groups in total. The first-order valence-electron chi connectivity index (χ1n) is 5.40. The minimum Gasteiger partial charge on any atom is -0.484 e. The lowest BCUT2D eigenvalue weighted by atomic mass is 10.3. The number of nitrogens with zero attached hydrogens (tertiary/aromatic N) is 2. The van der Waals surface area contributed by atoms with Crippen molar-refractivity contribution in [2.75, 3.05) is 0 Å². The van der Waals surface area contributed by atoms with Crippen LogP contribution in [-0.4, -0.2) is 18.0 Å². The lowest BCUT2D eigenvalue weighted by Gasteiger charge is -2.10. The van der Waals surface area contributed by atoms with Crippen LogP contribution in [0.2, 0.25) is 0 Å². The number of aryl methyl sites for hydroxylation is 1. The lowest BCUT2D eigenvalue weighted by molar-refractivity contribution is 0.288. The summed E-state index contributed by atoms with van der Waals surface area (Å²) in [5, 5.41) is 4.90. The summed E-state index contributed by atoms with van der Waals surface area (Å²) in [6.45, 7) is 0.121. The Labute approximate surface area is 123 Å². The first kappa shape index (κ1) is 14.9. The van der Waals surface area contributed by atoms with Gasteiger partial charge in [-0.3, -0.25) is 0 Å². The number of imidazole rings is 1. The number of sulfonamides is 1. The summed E-state index contributed by atoms with van der Waals surface area (Å²) in [4.78, 5) is 3.46. The number of benzene rings is 1. The van der Waals surface area contributed by atoms with E-state index in [1.54, 1.807) is 24.0 Å². The second kappa shape index (κ2) is 5.51. The molecule has 2 rings (SSSR count). The highest BCUT2D eigenvalue weighted by atomic mass is 79.9. The number of aromatic nitrogens is 2. The number of halogens is 2. The predicted molar refractivity (Wildman–Crippen MR) is 73.0 cm³/mol. The van der Waals surface area contributed by atoms with Gasteiger partial charge in [-0.2, -0.15) is 0 Å². The van der Waals surface area contributed by atoms with Gasteiger partial charge < -0.3 is 9.30 Å². The zero-order valence-electron chi connectivity index (χ0n) is 10.4. The van der Waals surface area contributed by atoms with Gasteiger partial charge in [0.05, 0.1) is 4.47 Å². The quantitative estimate of drug-likeness (QED) is 0.892. The van der Waals surface area contributed by atoms with Crippen molar-refractivity contribution in [1.29, 1.82) is 0 Å². The normalized spacial score (nSPS) is 11.6. The monoisotopic (exact) mass is 363 g/mol. The van der Waals surface area contributed by atoms with Gasteiger partial charge in [-0.15, -0.1) is 0 Å². The topological polar surface area (TPSA) is 87.2 Å². The molecular formula is C11H11BrFN3O3S. The van der Waals surface area contributed by atoms with E-state index < -0.39 is 20.7 Å². The minimum absolute atomic E-state index is 0.121. The summed E-state index contributed by atoms with van der Waals surface area (Å²) in [6, 6.07) is 2.03. The summed E-state index contributed by atoms with van der Waals surface area (Å²) in [5.74, 6) is -0.156.